The topological polar surface area (TPSA) is 42.7 Å². The third-order valence-corrected chi connectivity index (χ3v) is 4.39. The van der Waals surface area contributed by atoms with Crippen molar-refractivity contribution < 1.29 is 0 Å². The van der Waals surface area contributed by atoms with Gasteiger partial charge in [0.2, 0.25) is 5.95 Å². The van der Waals surface area contributed by atoms with Crippen LogP contribution in [-0.2, 0) is 13.5 Å². The SMILES string of the molecule is CNc1nc2cc(-c3cc4c(cn3)C=CC4)c(C)cc2n1C. The summed E-state index contributed by atoms with van der Waals surface area (Å²) in [5.41, 5.74) is 8.11. The van der Waals surface area contributed by atoms with Gasteiger partial charge in [0, 0.05) is 25.9 Å². The lowest BCUT2D eigenvalue weighted by atomic mass is 10.0. The van der Waals surface area contributed by atoms with Gasteiger partial charge in [0.25, 0.3) is 0 Å². The predicted octanol–water partition coefficient (Wildman–Crippen LogP) is 3.55. The summed E-state index contributed by atoms with van der Waals surface area (Å²) in [7, 11) is 3.92. The quantitative estimate of drug-likeness (QED) is 0.785. The molecule has 0 unspecified atom stereocenters. The van der Waals surface area contributed by atoms with Gasteiger partial charge >= 0.3 is 0 Å². The van der Waals surface area contributed by atoms with Gasteiger partial charge in [-0.15, -0.1) is 0 Å². The molecule has 0 amide bonds. The molecule has 2 heterocycles. The van der Waals surface area contributed by atoms with Gasteiger partial charge in [0.15, 0.2) is 0 Å². The Morgan fingerprint density at radius 2 is 2.09 bits per heavy atom. The van der Waals surface area contributed by atoms with Gasteiger partial charge in [-0.05, 0) is 48.2 Å². The van der Waals surface area contributed by atoms with E-state index in [9.17, 15) is 0 Å². The van der Waals surface area contributed by atoms with Crippen molar-refractivity contribution in [3.63, 3.8) is 0 Å². The van der Waals surface area contributed by atoms with Crippen molar-refractivity contribution in [1.29, 1.82) is 0 Å². The molecule has 1 aliphatic carbocycles. The molecule has 0 atom stereocenters. The third kappa shape index (κ3) is 1.84. The first kappa shape index (κ1) is 13.1. The Morgan fingerprint density at radius 1 is 1.23 bits per heavy atom. The van der Waals surface area contributed by atoms with E-state index in [1.807, 2.05) is 20.3 Å². The summed E-state index contributed by atoms with van der Waals surface area (Å²) >= 11 is 0. The largest absolute Gasteiger partial charge is 0.359 e. The van der Waals surface area contributed by atoms with E-state index >= 15 is 0 Å². The van der Waals surface area contributed by atoms with Crippen LogP contribution in [0.2, 0.25) is 0 Å². The molecule has 0 spiro atoms. The predicted molar refractivity (Wildman–Crippen MR) is 91.0 cm³/mol. The molecule has 1 aromatic carbocycles. The fourth-order valence-electron chi connectivity index (χ4n) is 3.14. The number of nitrogens with one attached hydrogen (secondary N) is 1. The number of rotatable bonds is 2. The molecular formula is C18H18N4. The maximum absolute atomic E-state index is 4.64. The molecule has 0 fully saturated rings. The van der Waals surface area contributed by atoms with E-state index in [-0.39, 0.29) is 0 Å². The van der Waals surface area contributed by atoms with Gasteiger partial charge in [-0.3, -0.25) is 4.98 Å². The van der Waals surface area contributed by atoms with Gasteiger partial charge in [-0.25, -0.2) is 4.98 Å². The molecule has 0 saturated carbocycles. The van der Waals surface area contributed by atoms with E-state index < -0.39 is 0 Å². The number of pyridine rings is 1. The van der Waals surface area contributed by atoms with Crippen LogP contribution in [0.4, 0.5) is 5.95 Å². The standard InChI is InChI=1S/C18H18N4/c1-11-7-17-16(21-18(19-2)22(17)3)9-14(11)15-8-12-5-4-6-13(12)10-20-15/h4,6-10H,5H2,1-3H3,(H,19,21). The lowest BCUT2D eigenvalue weighted by Crippen LogP contribution is -1.97. The average molecular weight is 290 g/mol. The van der Waals surface area contributed by atoms with E-state index in [0.29, 0.717) is 0 Å². The second kappa shape index (κ2) is 4.70. The molecule has 1 N–H and O–H groups in total. The molecule has 4 nitrogen and oxygen atoms in total. The first-order valence-corrected chi connectivity index (χ1v) is 7.48. The fourth-order valence-corrected chi connectivity index (χ4v) is 3.14. The number of hydrogen-bond acceptors (Lipinski definition) is 3. The number of benzene rings is 1. The van der Waals surface area contributed by atoms with Crippen molar-refractivity contribution in [2.24, 2.45) is 7.05 Å². The second-order valence-corrected chi connectivity index (χ2v) is 5.78. The number of allylic oxidation sites excluding steroid dienone is 1. The minimum absolute atomic E-state index is 0.873. The van der Waals surface area contributed by atoms with Crippen molar-refractivity contribution in [1.82, 2.24) is 14.5 Å². The molecule has 0 saturated heterocycles. The minimum atomic E-state index is 0.873. The molecule has 4 heteroatoms. The second-order valence-electron chi connectivity index (χ2n) is 5.78. The van der Waals surface area contributed by atoms with Crippen molar-refractivity contribution in [3.8, 4) is 11.3 Å². The molecular weight excluding hydrogens is 272 g/mol. The Kier molecular flexibility index (Phi) is 2.79. The summed E-state index contributed by atoms with van der Waals surface area (Å²) in [6.07, 6.45) is 7.29. The highest BCUT2D eigenvalue weighted by Gasteiger charge is 2.13. The van der Waals surface area contributed by atoms with Crippen molar-refractivity contribution in [2.45, 2.75) is 13.3 Å². The first-order chi connectivity index (χ1) is 10.7. The average Bonchev–Trinajstić information content (AvgIpc) is 3.11. The Hall–Kier alpha value is -2.62. The molecule has 0 aliphatic heterocycles. The van der Waals surface area contributed by atoms with Crippen LogP contribution < -0.4 is 5.32 Å². The van der Waals surface area contributed by atoms with Gasteiger partial charge < -0.3 is 9.88 Å². The summed E-state index contributed by atoms with van der Waals surface area (Å²) in [5.74, 6) is 0.873. The molecule has 2 aromatic heterocycles. The monoisotopic (exact) mass is 290 g/mol. The van der Waals surface area contributed by atoms with Crippen LogP contribution in [0.1, 0.15) is 16.7 Å². The van der Waals surface area contributed by atoms with Crippen LogP contribution in [0, 0.1) is 6.92 Å². The van der Waals surface area contributed by atoms with Crippen molar-refractivity contribution >= 4 is 23.1 Å². The zero-order chi connectivity index (χ0) is 15.3. The summed E-state index contributed by atoms with van der Waals surface area (Å²) in [6.45, 7) is 2.13. The van der Waals surface area contributed by atoms with Gasteiger partial charge in [-0.2, -0.15) is 0 Å². The van der Waals surface area contributed by atoms with Crippen LogP contribution in [0.3, 0.4) is 0 Å². The Balaban J connectivity index is 1.90. The molecule has 0 radical (unpaired) electrons. The smallest absolute Gasteiger partial charge is 0.203 e. The number of fused-ring (bicyclic) bond motifs is 2. The van der Waals surface area contributed by atoms with Crippen LogP contribution in [-0.4, -0.2) is 21.6 Å². The Labute approximate surface area is 129 Å². The zero-order valence-corrected chi connectivity index (χ0v) is 13.0. The number of hydrogen-bond donors (Lipinski definition) is 1. The highest BCUT2D eigenvalue weighted by Crippen LogP contribution is 2.30. The molecule has 110 valence electrons. The van der Waals surface area contributed by atoms with E-state index in [4.69, 9.17) is 0 Å². The minimum Gasteiger partial charge on any atom is -0.359 e. The summed E-state index contributed by atoms with van der Waals surface area (Å²) in [5, 5.41) is 3.13. The number of aryl methyl sites for hydroxylation is 2. The fraction of sp³-hybridized carbons (Fsp3) is 0.222. The maximum Gasteiger partial charge on any atom is 0.203 e. The Bertz CT molecular complexity index is 918. The van der Waals surface area contributed by atoms with E-state index in [2.05, 4.69) is 57.1 Å². The van der Waals surface area contributed by atoms with E-state index in [1.54, 1.807) is 0 Å². The van der Waals surface area contributed by atoms with Crippen molar-refractivity contribution in [3.05, 3.63) is 47.2 Å². The molecule has 1 aliphatic rings. The lowest BCUT2D eigenvalue weighted by Gasteiger charge is -2.08. The third-order valence-electron chi connectivity index (χ3n) is 4.39. The normalized spacial score (nSPS) is 12.9. The first-order valence-electron chi connectivity index (χ1n) is 7.48. The zero-order valence-electron chi connectivity index (χ0n) is 13.0. The van der Waals surface area contributed by atoms with Crippen LogP contribution in [0.25, 0.3) is 28.4 Å². The maximum atomic E-state index is 4.64. The summed E-state index contributed by atoms with van der Waals surface area (Å²) in [4.78, 5) is 9.28. The lowest BCUT2D eigenvalue weighted by molar-refractivity contribution is 0.952. The molecule has 3 aromatic rings. The number of nitrogens with zero attached hydrogens (tertiary/aromatic N) is 3. The van der Waals surface area contributed by atoms with Crippen LogP contribution >= 0.6 is 0 Å². The highest BCUT2D eigenvalue weighted by molar-refractivity contribution is 5.86. The highest BCUT2D eigenvalue weighted by atomic mass is 15.2. The van der Waals surface area contributed by atoms with Crippen LogP contribution in [0.15, 0.2) is 30.5 Å². The van der Waals surface area contributed by atoms with E-state index in [1.165, 1.54) is 16.7 Å². The van der Waals surface area contributed by atoms with Crippen molar-refractivity contribution in [2.75, 3.05) is 12.4 Å². The summed E-state index contributed by atoms with van der Waals surface area (Å²) in [6, 6.07) is 6.53. The van der Waals surface area contributed by atoms with Gasteiger partial charge in [0.05, 0.1) is 16.7 Å². The molecule has 22 heavy (non-hydrogen) atoms. The number of aromatic nitrogens is 3. The number of anilines is 1. The number of imidazole rings is 1. The molecule has 4 rings (SSSR count). The van der Waals surface area contributed by atoms with Gasteiger partial charge in [-0.1, -0.05) is 12.2 Å². The van der Waals surface area contributed by atoms with Crippen LogP contribution in [0.5, 0.6) is 0 Å². The molecule has 0 bridgehead atoms. The van der Waals surface area contributed by atoms with Gasteiger partial charge in [0.1, 0.15) is 0 Å². The van der Waals surface area contributed by atoms with E-state index in [0.717, 1.165) is 34.7 Å². The summed E-state index contributed by atoms with van der Waals surface area (Å²) < 4.78 is 2.08. The Morgan fingerprint density at radius 3 is 2.91 bits per heavy atom.